The highest BCUT2D eigenvalue weighted by Crippen LogP contribution is 2.32. The van der Waals surface area contributed by atoms with Crippen LogP contribution in [0.5, 0.6) is 0 Å². The second-order valence-corrected chi connectivity index (χ2v) is 7.90. The summed E-state index contributed by atoms with van der Waals surface area (Å²) in [5.74, 6) is 0.0256. The summed E-state index contributed by atoms with van der Waals surface area (Å²) in [5.41, 5.74) is 4.30. The lowest BCUT2D eigenvalue weighted by Gasteiger charge is -2.30. The number of benzene rings is 3. The van der Waals surface area contributed by atoms with Gasteiger partial charge in [0, 0.05) is 37.4 Å². The van der Waals surface area contributed by atoms with E-state index >= 15 is 0 Å². The lowest BCUT2D eigenvalue weighted by Crippen LogP contribution is -2.43. The van der Waals surface area contributed by atoms with Crippen molar-refractivity contribution >= 4 is 22.4 Å². The lowest BCUT2D eigenvalue weighted by molar-refractivity contribution is -0.123. The summed E-state index contributed by atoms with van der Waals surface area (Å²) in [7, 11) is 0. The second kappa shape index (κ2) is 8.56. The summed E-state index contributed by atoms with van der Waals surface area (Å²) in [6.45, 7) is 5.46. The fourth-order valence-corrected chi connectivity index (χ4v) is 4.26. The highest BCUT2D eigenvalue weighted by atomic mass is 16.5. The van der Waals surface area contributed by atoms with E-state index in [1.807, 2.05) is 4.90 Å². The summed E-state index contributed by atoms with van der Waals surface area (Å²) in [6.07, 6.45) is 0. The van der Waals surface area contributed by atoms with Crippen LogP contribution in [0.15, 0.2) is 60.7 Å². The Morgan fingerprint density at radius 3 is 2.40 bits per heavy atom. The normalized spacial score (nSPS) is 17.7. The number of carbonyl (C=O) groups excluding carboxylic acids is 1. The third-order valence-electron chi connectivity index (χ3n) is 5.99. The average molecular weight is 402 g/mol. The molecule has 5 rings (SSSR count). The Labute approximate surface area is 176 Å². The summed E-state index contributed by atoms with van der Waals surface area (Å²) >= 11 is 0. The number of morpholine rings is 1. The number of rotatable bonds is 4. The Balaban J connectivity index is 1.46. The third kappa shape index (κ3) is 3.97. The number of ether oxygens (including phenoxy) is 2. The molecule has 2 heterocycles. The van der Waals surface area contributed by atoms with Gasteiger partial charge in [-0.05, 0) is 34.0 Å². The molecule has 0 unspecified atom stereocenters. The molecule has 2 aliphatic rings. The fraction of sp³-hybridized carbons (Fsp3) is 0.320. The quantitative estimate of drug-likeness (QED) is 0.667. The Morgan fingerprint density at radius 2 is 1.53 bits per heavy atom. The molecule has 0 radical (unpaired) electrons. The molecule has 3 aromatic carbocycles. The Bertz CT molecular complexity index is 1060. The van der Waals surface area contributed by atoms with E-state index in [0.717, 1.165) is 55.2 Å². The van der Waals surface area contributed by atoms with Crippen LogP contribution in [0, 0.1) is 0 Å². The molecule has 1 amide bonds. The van der Waals surface area contributed by atoms with E-state index in [0.29, 0.717) is 13.2 Å². The molecule has 5 nitrogen and oxygen atoms in total. The summed E-state index contributed by atoms with van der Waals surface area (Å²) in [6, 6.07) is 21.3. The number of fused-ring (bicyclic) bond motifs is 2. The SMILES string of the molecule is O=C1COCc2ccc(-c3ccc4ccccc4c3)cc2N1CCN1CCOCC1. The van der Waals surface area contributed by atoms with Crippen molar-refractivity contribution in [3.05, 3.63) is 66.2 Å². The van der Waals surface area contributed by atoms with Crippen LogP contribution in [0.1, 0.15) is 5.56 Å². The van der Waals surface area contributed by atoms with Gasteiger partial charge in [-0.15, -0.1) is 0 Å². The maximum atomic E-state index is 12.8. The molecule has 0 aliphatic carbocycles. The first-order valence-corrected chi connectivity index (χ1v) is 10.6. The van der Waals surface area contributed by atoms with E-state index in [1.54, 1.807) is 0 Å². The van der Waals surface area contributed by atoms with Gasteiger partial charge >= 0.3 is 0 Å². The average Bonchev–Trinajstić information content (AvgIpc) is 2.95. The number of nitrogens with zero attached hydrogens (tertiary/aromatic N) is 2. The summed E-state index contributed by atoms with van der Waals surface area (Å²) in [4.78, 5) is 17.1. The largest absolute Gasteiger partial charge is 0.379 e. The molecular weight excluding hydrogens is 376 g/mol. The van der Waals surface area contributed by atoms with Gasteiger partial charge in [-0.25, -0.2) is 0 Å². The maximum Gasteiger partial charge on any atom is 0.253 e. The highest BCUT2D eigenvalue weighted by molar-refractivity contribution is 5.96. The Hall–Kier alpha value is -2.73. The van der Waals surface area contributed by atoms with Gasteiger partial charge in [0.1, 0.15) is 6.61 Å². The first-order chi connectivity index (χ1) is 14.8. The number of amides is 1. The standard InChI is InChI=1S/C25H26N2O3/c28-25-18-30-17-23-8-7-22(21-6-5-19-3-1-2-4-20(19)15-21)16-24(23)27(25)10-9-26-11-13-29-14-12-26/h1-8,15-16H,9-14,17-18H2. The molecule has 2 aliphatic heterocycles. The molecule has 0 spiro atoms. The number of anilines is 1. The molecule has 0 saturated carbocycles. The molecule has 0 atom stereocenters. The van der Waals surface area contributed by atoms with E-state index in [4.69, 9.17) is 9.47 Å². The van der Waals surface area contributed by atoms with Gasteiger partial charge in [0.15, 0.2) is 0 Å². The first kappa shape index (κ1) is 19.2. The van der Waals surface area contributed by atoms with Crippen molar-refractivity contribution in [1.82, 2.24) is 4.90 Å². The van der Waals surface area contributed by atoms with Crippen LogP contribution in [-0.2, 0) is 20.9 Å². The minimum atomic E-state index is 0.0256. The van der Waals surface area contributed by atoms with Crippen molar-refractivity contribution in [3.8, 4) is 11.1 Å². The van der Waals surface area contributed by atoms with E-state index < -0.39 is 0 Å². The maximum absolute atomic E-state index is 12.8. The van der Waals surface area contributed by atoms with Crippen LogP contribution in [0.3, 0.4) is 0 Å². The van der Waals surface area contributed by atoms with Crippen molar-refractivity contribution in [2.75, 3.05) is 50.9 Å². The third-order valence-corrected chi connectivity index (χ3v) is 5.99. The lowest BCUT2D eigenvalue weighted by atomic mass is 9.99. The molecular formula is C25H26N2O3. The number of hydrogen-bond donors (Lipinski definition) is 0. The van der Waals surface area contributed by atoms with E-state index in [9.17, 15) is 4.79 Å². The molecule has 0 N–H and O–H groups in total. The van der Waals surface area contributed by atoms with Crippen molar-refractivity contribution in [2.45, 2.75) is 6.61 Å². The molecule has 154 valence electrons. The minimum Gasteiger partial charge on any atom is -0.379 e. The molecule has 1 fully saturated rings. The van der Waals surface area contributed by atoms with E-state index in [1.165, 1.54) is 10.8 Å². The predicted molar refractivity (Wildman–Crippen MR) is 119 cm³/mol. The molecule has 3 aromatic rings. The van der Waals surface area contributed by atoms with Crippen LogP contribution < -0.4 is 4.90 Å². The number of carbonyl (C=O) groups is 1. The van der Waals surface area contributed by atoms with E-state index in [2.05, 4.69) is 65.6 Å². The van der Waals surface area contributed by atoms with Crippen molar-refractivity contribution < 1.29 is 14.3 Å². The Kier molecular flexibility index (Phi) is 5.49. The van der Waals surface area contributed by atoms with Gasteiger partial charge < -0.3 is 14.4 Å². The smallest absolute Gasteiger partial charge is 0.253 e. The Morgan fingerprint density at radius 1 is 0.767 bits per heavy atom. The monoisotopic (exact) mass is 402 g/mol. The van der Waals surface area contributed by atoms with Gasteiger partial charge in [-0.3, -0.25) is 9.69 Å². The zero-order chi connectivity index (χ0) is 20.3. The van der Waals surface area contributed by atoms with Crippen LogP contribution in [0.25, 0.3) is 21.9 Å². The predicted octanol–water partition coefficient (Wildman–Crippen LogP) is 3.70. The zero-order valence-electron chi connectivity index (χ0n) is 17.0. The molecule has 30 heavy (non-hydrogen) atoms. The van der Waals surface area contributed by atoms with Gasteiger partial charge in [-0.1, -0.05) is 48.5 Å². The second-order valence-electron chi connectivity index (χ2n) is 7.90. The van der Waals surface area contributed by atoms with Gasteiger partial charge in [0.25, 0.3) is 5.91 Å². The van der Waals surface area contributed by atoms with Gasteiger partial charge in [-0.2, -0.15) is 0 Å². The topological polar surface area (TPSA) is 42.0 Å². The van der Waals surface area contributed by atoms with Crippen LogP contribution in [-0.4, -0.2) is 56.8 Å². The van der Waals surface area contributed by atoms with Crippen molar-refractivity contribution in [1.29, 1.82) is 0 Å². The van der Waals surface area contributed by atoms with Crippen LogP contribution >= 0.6 is 0 Å². The minimum absolute atomic E-state index is 0.0256. The first-order valence-electron chi connectivity index (χ1n) is 10.6. The highest BCUT2D eigenvalue weighted by Gasteiger charge is 2.24. The van der Waals surface area contributed by atoms with Gasteiger partial charge in [0.2, 0.25) is 0 Å². The summed E-state index contributed by atoms with van der Waals surface area (Å²) in [5, 5.41) is 2.44. The summed E-state index contributed by atoms with van der Waals surface area (Å²) < 4.78 is 11.1. The van der Waals surface area contributed by atoms with Crippen molar-refractivity contribution in [2.24, 2.45) is 0 Å². The van der Waals surface area contributed by atoms with Crippen LogP contribution in [0.4, 0.5) is 5.69 Å². The molecule has 5 heteroatoms. The van der Waals surface area contributed by atoms with Gasteiger partial charge in [0.05, 0.1) is 19.8 Å². The molecule has 0 aromatic heterocycles. The molecule has 0 bridgehead atoms. The van der Waals surface area contributed by atoms with Crippen molar-refractivity contribution in [3.63, 3.8) is 0 Å². The van der Waals surface area contributed by atoms with E-state index in [-0.39, 0.29) is 12.5 Å². The van der Waals surface area contributed by atoms with Crippen LogP contribution in [0.2, 0.25) is 0 Å². The molecule has 1 saturated heterocycles. The fourth-order valence-electron chi connectivity index (χ4n) is 4.26. The zero-order valence-corrected chi connectivity index (χ0v) is 17.0. The number of hydrogen-bond acceptors (Lipinski definition) is 4.